The van der Waals surface area contributed by atoms with E-state index in [0.29, 0.717) is 13.0 Å². The summed E-state index contributed by atoms with van der Waals surface area (Å²) in [6.07, 6.45) is 5.11. The van der Waals surface area contributed by atoms with Gasteiger partial charge in [-0.2, -0.15) is 5.10 Å². The number of ether oxygens (including phenoxy) is 1. The first-order valence-electron chi connectivity index (χ1n) is 6.32. The lowest BCUT2D eigenvalue weighted by atomic mass is 10.1. The largest absolute Gasteiger partial charge is 0.489 e. The van der Waals surface area contributed by atoms with Crippen LogP contribution in [0.3, 0.4) is 0 Å². The maximum Gasteiger partial charge on any atom is 0.130 e. The van der Waals surface area contributed by atoms with Gasteiger partial charge in [-0.05, 0) is 31.0 Å². The number of aromatic nitrogens is 2. The molecule has 4 nitrogen and oxygen atoms in total. The molecule has 0 amide bonds. The second kappa shape index (κ2) is 6.18. The van der Waals surface area contributed by atoms with Gasteiger partial charge in [-0.25, -0.2) is 0 Å². The van der Waals surface area contributed by atoms with Gasteiger partial charge in [0.05, 0.1) is 6.20 Å². The highest BCUT2D eigenvalue weighted by Crippen LogP contribution is 2.15. The van der Waals surface area contributed by atoms with Crippen molar-refractivity contribution in [3.8, 4) is 5.75 Å². The van der Waals surface area contributed by atoms with E-state index in [1.165, 1.54) is 0 Å². The molecule has 0 saturated carbocycles. The van der Waals surface area contributed by atoms with Crippen LogP contribution in [0.1, 0.15) is 24.5 Å². The lowest BCUT2D eigenvalue weighted by molar-refractivity contribution is -0.116. The molecule has 0 unspecified atom stereocenters. The number of nitrogens with zero attached hydrogens (tertiary/aromatic N) is 2. The third kappa shape index (κ3) is 4.25. The number of hydrogen-bond acceptors (Lipinski definition) is 3. The Balaban J connectivity index is 1.86. The number of aryl methyl sites for hydroxylation is 2. The fourth-order valence-electron chi connectivity index (χ4n) is 1.79. The zero-order valence-electron chi connectivity index (χ0n) is 11.3. The maximum absolute atomic E-state index is 10.9. The fraction of sp³-hybridized carbons (Fsp3) is 0.333. The summed E-state index contributed by atoms with van der Waals surface area (Å²) >= 11 is 0. The zero-order valence-corrected chi connectivity index (χ0v) is 11.3. The minimum atomic E-state index is 0.219. The van der Waals surface area contributed by atoms with E-state index in [4.69, 9.17) is 4.74 Å². The average Bonchev–Trinajstić information content (AvgIpc) is 2.81. The van der Waals surface area contributed by atoms with Gasteiger partial charge >= 0.3 is 0 Å². The summed E-state index contributed by atoms with van der Waals surface area (Å²) in [6.45, 7) is 2.13. The highest BCUT2D eigenvalue weighted by Gasteiger charge is 2.00. The molecule has 100 valence electrons. The lowest BCUT2D eigenvalue weighted by Gasteiger charge is -2.05. The Kier molecular flexibility index (Phi) is 4.34. The molecule has 0 aliphatic rings. The van der Waals surface area contributed by atoms with Crippen molar-refractivity contribution in [2.45, 2.75) is 26.4 Å². The molecule has 0 radical (unpaired) electrons. The van der Waals surface area contributed by atoms with Crippen molar-refractivity contribution in [1.29, 1.82) is 0 Å². The van der Waals surface area contributed by atoms with Gasteiger partial charge in [0.1, 0.15) is 18.1 Å². The summed E-state index contributed by atoms with van der Waals surface area (Å²) in [5.74, 6) is 1.05. The lowest BCUT2D eigenvalue weighted by Crippen LogP contribution is -1.96. The van der Waals surface area contributed by atoms with Crippen LogP contribution in [-0.4, -0.2) is 15.6 Å². The molecule has 2 rings (SSSR count). The Morgan fingerprint density at radius 3 is 2.58 bits per heavy atom. The Morgan fingerprint density at radius 2 is 2.00 bits per heavy atom. The van der Waals surface area contributed by atoms with Crippen molar-refractivity contribution >= 4 is 5.78 Å². The van der Waals surface area contributed by atoms with Crippen LogP contribution in [0.4, 0.5) is 0 Å². The van der Waals surface area contributed by atoms with E-state index in [0.717, 1.165) is 23.3 Å². The van der Waals surface area contributed by atoms with E-state index in [9.17, 15) is 4.79 Å². The van der Waals surface area contributed by atoms with E-state index in [1.807, 2.05) is 37.5 Å². The Morgan fingerprint density at radius 1 is 1.26 bits per heavy atom. The third-order valence-electron chi connectivity index (χ3n) is 2.85. The first-order valence-corrected chi connectivity index (χ1v) is 6.32. The Hall–Kier alpha value is -2.10. The predicted molar refractivity (Wildman–Crippen MR) is 73.0 cm³/mol. The molecule has 1 aromatic heterocycles. The smallest absolute Gasteiger partial charge is 0.130 e. The summed E-state index contributed by atoms with van der Waals surface area (Å²) < 4.78 is 7.42. The molecule has 1 heterocycles. The molecule has 19 heavy (non-hydrogen) atoms. The van der Waals surface area contributed by atoms with Crippen molar-refractivity contribution in [3.63, 3.8) is 0 Å². The van der Waals surface area contributed by atoms with E-state index >= 15 is 0 Å². The summed E-state index contributed by atoms with van der Waals surface area (Å²) in [5.41, 5.74) is 2.20. The minimum absolute atomic E-state index is 0.219. The van der Waals surface area contributed by atoms with Gasteiger partial charge in [-0.15, -0.1) is 0 Å². The fourth-order valence-corrected chi connectivity index (χ4v) is 1.79. The second-order valence-electron chi connectivity index (χ2n) is 4.66. The van der Waals surface area contributed by atoms with Gasteiger partial charge in [-0.3, -0.25) is 4.68 Å². The van der Waals surface area contributed by atoms with Crippen LogP contribution in [0, 0.1) is 0 Å². The van der Waals surface area contributed by atoms with Crippen molar-refractivity contribution in [1.82, 2.24) is 9.78 Å². The Labute approximate surface area is 113 Å². The molecule has 0 spiro atoms. The number of benzene rings is 1. The molecule has 2 aromatic rings. The number of carbonyl (C=O) groups excluding carboxylic acids is 1. The monoisotopic (exact) mass is 258 g/mol. The van der Waals surface area contributed by atoms with Gasteiger partial charge in [0, 0.05) is 25.2 Å². The molecular weight excluding hydrogens is 240 g/mol. The quantitative estimate of drug-likeness (QED) is 0.799. The van der Waals surface area contributed by atoms with E-state index in [2.05, 4.69) is 5.10 Å². The maximum atomic E-state index is 10.9. The predicted octanol–water partition coefficient (Wildman–Crippen LogP) is 2.52. The summed E-state index contributed by atoms with van der Waals surface area (Å²) in [7, 11) is 1.88. The van der Waals surface area contributed by atoms with Crippen LogP contribution in [0.25, 0.3) is 0 Å². The van der Waals surface area contributed by atoms with Crippen molar-refractivity contribution in [2.24, 2.45) is 7.05 Å². The van der Waals surface area contributed by atoms with E-state index in [-0.39, 0.29) is 5.78 Å². The molecule has 4 heteroatoms. The standard InChI is InChI=1S/C15H18N2O2/c1-12(18)3-4-13-5-7-15(8-6-13)19-11-14-9-16-17(2)10-14/h5-10H,3-4,11H2,1-2H3. The Bertz CT molecular complexity index is 544. The zero-order chi connectivity index (χ0) is 13.7. The van der Waals surface area contributed by atoms with Crippen molar-refractivity contribution < 1.29 is 9.53 Å². The molecule has 0 aliphatic carbocycles. The second-order valence-corrected chi connectivity index (χ2v) is 4.66. The van der Waals surface area contributed by atoms with Gasteiger partial charge in [0.25, 0.3) is 0 Å². The minimum Gasteiger partial charge on any atom is -0.489 e. The topological polar surface area (TPSA) is 44.1 Å². The van der Waals surface area contributed by atoms with Gasteiger partial charge in [-0.1, -0.05) is 12.1 Å². The van der Waals surface area contributed by atoms with E-state index < -0.39 is 0 Å². The molecule has 0 fully saturated rings. The summed E-state index contributed by atoms with van der Waals surface area (Å²) in [4.78, 5) is 10.9. The van der Waals surface area contributed by atoms with Crippen molar-refractivity contribution in [2.75, 3.05) is 0 Å². The molecule has 0 saturated heterocycles. The van der Waals surface area contributed by atoms with Crippen LogP contribution in [0.5, 0.6) is 5.75 Å². The van der Waals surface area contributed by atoms with Crippen LogP contribution in [0.2, 0.25) is 0 Å². The van der Waals surface area contributed by atoms with Crippen molar-refractivity contribution in [3.05, 3.63) is 47.8 Å². The average molecular weight is 258 g/mol. The van der Waals surface area contributed by atoms with Gasteiger partial charge in [0.15, 0.2) is 0 Å². The number of hydrogen-bond donors (Lipinski definition) is 0. The first-order chi connectivity index (χ1) is 9.13. The molecule has 1 aromatic carbocycles. The summed E-state index contributed by atoms with van der Waals surface area (Å²) in [6, 6.07) is 7.88. The molecule has 0 bridgehead atoms. The van der Waals surface area contributed by atoms with Gasteiger partial charge < -0.3 is 9.53 Å². The molecule has 0 N–H and O–H groups in total. The van der Waals surface area contributed by atoms with Gasteiger partial charge in [0.2, 0.25) is 0 Å². The van der Waals surface area contributed by atoms with Crippen LogP contribution >= 0.6 is 0 Å². The molecule has 0 atom stereocenters. The SMILES string of the molecule is CC(=O)CCc1ccc(OCc2cnn(C)c2)cc1. The highest BCUT2D eigenvalue weighted by molar-refractivity contribution is 5.75. The van der Waals surface area contributed by atoms with E-state index in [1.54, 1.807) is 17.8 Å². The first kappa shape index (κ1) is 13.3. The number of rotatable bonds is 6. The number of Topliss-reactive ketones (excluding diaryl/α,β-unsaturated/α-hetero) is 1. The number of carbonyl (C=O) groups is 1. The normalized spacial score (nSPS) is 10.4. The summed E-state index contributed by atoms with van der Waals surface area (Å²) in [5, 5.41) is 4.09. The number of ketones is 1. The van der Waals surface area contributed by atoms with Crippen LogP contribution in [-0.2, 0) is 24.9 Å². The third-order valence-corrected chi connectivity index (χ3v) is 2.85. The highest BCUT2D eigenvalue weighted by atomic mass is 16.5. The molecule has 0 aliphatic heterocycles. The molecular formula is C15H18N2O2. The van der Waals surface area contributed by atoms with Crippen LogP contribution in [0.15, 0.2) is 36.7 Å². The van der Waals surface area contributed by atoms with Crippen LogP contribution < -0.4 is 4.74 Å².